The summed E-state index contributed by atoms with van der Waals surface area (Å²) in [5.74, 6) is 0.458. The second-order valence-corrected chi connectivity index (χ2v) is 11.7. The summed E-state index contributed by atoms with van der Waals surface area (Å²) < 4.78 is 48.3. The number of nitrogens with two attached hydrogens (primary N) is 1. The van der Waals surface area contributed by atoms with Gasteiger partial charge >= 0.3 is 0 Å². The van der Waals surface area contributed by atoms with E-state index in [0.717, 1.165) is 43.7 Å². The second-order valence-electron chi connectivity index (χ2n) is 11.7. The molecule has 5 aliphatic heterocycles. The van der Waals surface area contributed by atoms with Crippen molar-refractivity contribution in [2.75, 3.05) is 68.9 Å². The van der Waals surface area contributed by atoms with Crippen LogP contribution in [0.4, 0.5) is 24.7 Å². The SMILES string of the molecule is C=CC(=O)N1CCN(C2CN3c4cc(N5CC6(C5)OC[C@H](CF)N=C6/C(C)=C\N)nc(C(F)F)c4CCCC23)CC1. The molecule has 1 amide bonds. The number of rotatable bonds is 6. The fraction of sp³-hybridized carbons (Fsp3) is 0.621. The molecule has 0 aliphatic carbocycles. The third kappa shape index (κ3) is 4.78. The summed E-state index contributed by atoms with van der Waals surface area (Å²) in [6.45, 7) is 9.41. The molecule has 2 unspecified atom stereocenters. The van der Waals surface area contributed by atoms with E-state index in [9.17, 15) is 18.0 Å². The molecule has 41 heavy (non-hydrogen) atoms. The number of fused-ring (bicyclic) bond motifs is 3. The van der Waals surface area contributed by atoms with E-state index in [1.54, 1.807) is 0 Å². The Morgan fingerprint density at radius 1 is 1.27 bits per heavy atom. The highest BCUT2D eigenvalue weighted by atomic mass is 19.3. The van der Waals surface area contributed by atoms with Gasteiger partial charge in [-0.25, -0.2) is 18.2 Å². The van der Waals surface area contributed by atoms with E-state index in [1.165, 1.54) is 12.3 Å². The molecule has 222 valence electrons. The van der Waals surface area contributed by atoms with Crippen LogP contribution >= 0.6 is 0 Å². The maximum absolute atomic E-state index is 14.4. The average Bonchev–Trinajstić information content (AvgIpc) is 3.10. The smallest absolute Gasteiger partial charge is 0.280 e. The van der Waals surface area contributed by atoms with E-state index in [0.29, 0.717) is 55.7 Å². The number of hydrogen-bond donors (Lipinski definition) is 1. The van der Waals surface area contributed by atoms with Crippen LogP contribution in [0.5, 0.6) is 0 Å². The highest BCUT2D eigenvalue weighted by molar-refractivity contribution is 6.08. The Bertz CT molecular complexity index is 1260. The van der Waals surface area contributed by atoms with Crippen molar-refractivity contribution in [1.82, 2.24) is 14.8 Å². The number of anilines is 2. The molecular weight excluding hydrogens is 535 g/mol. The molecule has 2 N–H and O–H groups in total. The Balaban J connectivity index is 1.23. The van der Waals surface area contributed by atoms with E-state index in [-0.39, 0.29) is 24.2 Å². The average molecular weight is 574 g/mol. The number of carbonyl (C=O) groups is 1. The van der Waals surface area contributed by atoms with Crippen molar-refractivity contribution < 1.29 is 22.7 Å². The molecule has 0 bridgehead atoms. The molecule has 0 aromatic carbocycles. The van der Waals surface area contributed by atoms with E-state index in [1.807, 2.05) is 22.8 Å². The molecule has 12 heteroatoms. The summed E-state index contributed by atoms with van der Waals surface area (Å²) >= 11 is 0. The maximum Gasteiger partial charge on any atom is 0.280 e. The topological polar surface area (TPSA) is 90.5 Å². The van der Waals surface area contributed by atoms with Gasteiger partial charge < -0.3 is 25.2 Å². The number of amides is 1. The number of aliphatic imine (C=N–C) groups is 1. The van der Waals surface area contributed by atoms with Crippen LogP contribution in [-0.2, 0) is 16.0 Å². The summed E-state index contributed by atoms with van der Waals surface area (Å²) in [6.07, 6.45) is 2.43. The Morgan fingerprint density at radius 2 is 2.02 bits per heavy atom. The summed E-state index contributed by atoms with van der Waals surface area (Å²) in [5, 5.41) is 0. The zero-order valence-corrected chi connectivity index (χ0v) is 23.4. The molecule has 3 saturated heterocycles. The Morgan fingerprint density at radius 3 is 2.68 bits per heavy atom. The lowest BCUT2D eigenvalue weighted by molar-refractivity contribution is -0.128. The van der Waals surface area contributed by atoms with Crippen LogP contribution in [0.2, 0.25) is 0 Å². The fourth-order valence-corrected chi connectivity index (χ4v) is 7.08. The van der Waals surface area contributed by atoms with Gasteiger partial charge in [0.05, 0.1) is 25.4 Å². The van der Waals surface area contributed by atoms with E-state index >= 15 is 0 Å². The van der Waals surface area contributed by atoms with Crippen molar-refractivity contribution in [3.63, 3.8) is 0 Å². The van der Waals surface area contributed by atoms with Crippen LogP contribution in [-0.4, -0.2) is 109 Å². The minimum absolute atomic E-state index is 0.0379. The number of aromatic nitrogens is 1. The van der Waals surface area contributed by atoms with E-state index in [4.69, 9.17) is 10.5 Å². The van der Waals surface area contributed by atoms with Gasteiger partial charge in [0.1, 0.15) is 29.8 Å². The summed E-state index contributed by atoms with van der Waals surface area (Å²) in [7, 11) is 0. The lowest BCUT2D eigenvalue weighted by Crippen LogP contribution is -2.70. The first-order valence-corrected chi connectivity index (χ1v) is 14.4. The lowest BCUT2D eigenvalue weighted by atomic mass is 9.83. The van der Waals surface area contributed by atoms with Crippen molar-refractivity contribution >= 4 is 23.1 Å². The highest BCUT2D eigenvalue weighted by Gasteiger charge is 2.52. The van der Waals surface area contributed by atoms with Crippen molar-refractivity contribution in [3.8, 4) is 0 Å². The van der Waals surface area contributed by atoms with Gasteiger partial charge in [-0.15, -0.1) is 0 Å². The maximum atomic E-state index is 14.4. The number of halogens is 3. The molecule has 6 heterocycles. The monoisotopic (exact) mass is 573 g/mol. The van der Waals surface area contributed by atoms with Crippen LogP contribution < -0.4 is 15.5 Å². The summed E-state index contributed by atoms with van der Waals surface area (Å²) in [4.78, 5) is 29.5. The molecule has 3 atom stereocenters. The molecule has 6 rings (SSSR count). The van der Waals surface area contributed by atoms with Gasteiger partial charge in [-0.1, -0.05) is 6.58 Å². The van der Waals surface area contributed by atoms with Gasteiger partial charge in [-0.3, -0.25) is 14.7 Å². The summed E-state index contributed by atoms with van der Waals surface area (Å²) in [5.41, 5.74) is 7.70. The molecule has 1 aromatic rings. The van der Waals surface area contributed by atoms with Crippen LogP contribution in [0.15, 0.2) is 35.5 Å². The van der Waals surface area contributed by atoms with Gasteiger partial charge in [0.2, 0.25) is 5.91 Å². The minimum Gasteiger partial charge on any atom is -0.404 e. The number of alkyl halides is 3. The molecule has 9 nitrogen and oxygen atoms in total. The largest absolute Gasteiger partial charge is 0.404 e. The number of carbonyl (C=O) groups excluding carboxylic acids is 1. The predicted molar refractivity (Wildman–Crippen MR) is 151 cm³/mol. The highest BCUT2D eigenvalue weighted by Crippen LogP contribution is 2.44. The standard InChI is InChI=1S/C29H38F3N7O2/c1-3-25(40)37-9-7-36(8-10-37)23-14-39-21(23)6-4-5-20-22(39)11-24(35-26(20)28(31)32)38-16-29(17-38)27(18(2)13-33)34-19(12-30)15-41-29/h3,11,13,19,21,23,28H,1,4-10,12,14-17,33H2,2H3/b18-13-/t19-,21?,23?/m0/s1. The normalized spacial score (nSPS) is 27.9. The number of nitrogens with zero attached hydrogens (tertiary/aromatic N) is 6. The van der Waals surface area contributed by atoms with Crippen molar-refractivity contribution in [1.29, 1.82) is 0 Å². The van der Waals surface area contributed by atoms with Crippen molar-refractivity contribution in [2.45, 2.75) is 56.3 Å². The first-order valence-electron chi connectivity index (χ1n) is 14.4. The number of hydrogen-bond acceptors (Lipinski definition) is 8. The van der Waals surface area contributed by atoms with Crippen LogP contribution in [0.25, 0.3) is 0 Å². The minimum atomic E-state index is -2.68. The molecular formula is C29H38F3N7O2. The van der Waals surface area contributed by atoms with Crippen LogP contribution in [0.1, 0.15) is 37.4 Å². The van der Waals surface area contributed by atoms with Gasteiger partial charge in [0.25, 0.3) is 6.43 Å². The van der Waals surface area contributed by atoms with E-state index in [2.05, 4.69) is 26.4 Å². The Kier molecular flexibility index (Phi) is 7.48. The first kappa shape index (κ1) is 28.0. The Labute approximate surface area is 238 Å². The molecule has 1 spiro atoms. The molecule has 1 aromatic heterocycles. The second kappa shape index (κ2) is 10.9. The van der Waals surface area contributed by atoms with Crippen molar-refractivity contribution in [3.05, 3.63) is 41.8 Å². The molecule has 3 fully saturated rings. The van der Waals surface area contributed by atoms with Crippen LogP contribution in [0.3, 0.4) is 0 Å². The third-order valence-electron chi connectivity index (χ3n) is 9.37. The Hall–Kier alpha value is -3.12. The van der Waals surface area contributed by atoms with Crippen LogP contribution in [0, 0.1) is 0 Å². The molecule has 5 aliphatic rings. The molecule has 0 saturated carbocycles. The number of piperazine rings is 1. The third-order valence-corrected chi connectivity index (χ3v) is 9.37. The zero-order chi connectivity index (χ0) is 28.9. The lowest BCUT2D eigenvalue weighted by Gasteiger charge is -2.55. The number of pyridine rings is 1. The van der Waals surface area contributed by atoms with Crippen molar-refractivity contribution in [2.24, 2.45) is 10.7 Å². The van der Waals surface area contributed by atoms with Gasteiger partial charge in [0.15, 0.2) is 0 Å². The van der Waals surface area contributed by atoms with E-state index < -0.39 is 24.7 Å². The summed E-state index contributed by atoms with van der Waals surface area (Å²) in [6, 6.07) is 1.94. The predicted octanol–water partition coefficient (Wildman–Crippen LogP) is 2.47. The fourth-order valence-electron chi connectivity index (χ4n) is 7.08. The number of ether oxygens (including phenoxy) is 1. The van der Waals surface area contributed by atoms with Gasteiger partial charge in [0, 0.05) is 62.1 Å². The first-order chi connectivity index (χ1) is 19.8. The zero-order valence-electron chi connectivity index (χ0n) is 23.4. The van der Waals surface area contributed by atoms with Gasteiger partial charge in [-0.2, -0.15) is 0 Å². The molecule has 0 radical (unpaired) electrons. The van der Waals surface area contributed by atoms with Gasteiger partial charge in [-0.05, 0) is 44.0 Å². The quantitative estimate of drug-likeness (QED) is 0.523.